The van der Waals surface area contributed by atoms with Gasteiger partial charge in [0.15, 0.2) is 0 Å². The molecule has 1 fully saturated rings. The zero-order valence-electron chi connectivity index (χ0n) is 11.6. The van der Waals surface area contributed by atoms with Crippen molar-refractivity contribution in [1.82, 2.24) is 0 Å². The van der Waals surface area contributed by atoms with E-state index in [1.165, 1.54) is 18.6 Å². The van der Waals surface area contributed by atoms with Gasteiger partial charge in [0, 0.05) is 11.1 Å². The molecule has 5 nitrogen and oxygen atoms in total. The Balaban J connectivity index is 2.16. The molecule has 6 heteroatoms. The van der Waals surface area contributed by atoms with Crippen LogP contribution in [0, 0.1) is 5.41 Å². The summed E-state index contributed by atoms with van der Waals surface area (Å²) in [5, 5.41) is 7.89. The lowest BCUT2D eigenvalue weighted by Crippen LogP contribution is -2.35. The Kier molecular flexibility index (Phi) is 4.15. The van der Waals surface area contributed by atoms with E-state index in [0.29, 0.717) is 5.69 Å². The van der Waals surface area contributed by atoms with E-state index in [1.807, 2.05) is 6.92 Å². The number of benzene rings is 1. The molecule has 20 heavy (non-hydrogen) atoms. The number of hydrogen-bond acceptors (Lipinski definition) is 3. The zero-order chi connectivity index (χ0) is 14.8. The van der Waals surface area contributed by atoms with Crippen LogP contribution in [0.1, 0.15) is 39.0 Å². The minimum Gasteiger partial charge on any atom is -0.326 e. The van der Waals surface area contributed by atoms with Crippen molar-refractivity contribution in [2.75, 3.05) is 5.32 Å². The van der Waals surface area contributed by atoms with Crippen LogP contribution in [0.5, 0.6) is 0 Å². The summed E-state index contributed by atoms with van der Waals surface area (Å²) >= 11 is 0. The standard InChI is InChI=1S/C14H20N2O3S/c1-14(8-3-2-4-9-14)13(17)16-11-6-5-7-12(10-11)20(15,18)19/h5-7,10H,2-4,8-9H2,1H3,(H,16,17)(H2,15,18,19). The fourth-order valence-electron chi connectivity index (χ4n) is 2.59. The maximum atomic E-state index is 12.4. The lowest BCUT2D eigenvalue weighted by molar-refractivity contribution is -0.126. The predicted molar refractivity (Wildman–Crippen MR) is 77.6 cm³/mol. The van der Waals surface area contributed by atoms with Crippen LogP contribution in [0.25, 0.3) is 0 Å². The van der Waals surface area contributed by atoms with Gasteiger partial charge in [0.05, 0.1) is 4.90 Å². The van der Waals surface area contributed by atoms with Gasteiger partial charge in [-0.3, -0.25) is 4.79 Å². The highest BCUT2D eigenvalue weighted by Crippen LogP contribution is 2.36. The van der Waals surface area contributed by atoms with Crippen molar-refractivity contribution in [2.45, 2.75) is 43.9 Å². The molecular formula is C14H20N2O3S. The Morgan fingerprint density at radius 2 is 1.90 bits per heavy atom. The summed E-state index contributed by atoms with van der Waals surface area (Å²) in [6, 6.07) is 6.03. The van der Waals surface area contributed by atoms with E-state index < -0.39 is 10.0 Å². The summed E-state index contributed by atoms with van der Waals surface area (Å²) in [7, 11) is -3.75. The van der Waals surface area contributed by atoms with E-state index in [1.54, 1.807) is 12.1 Å². The Hall–Kier alpha value is -1.40. The normalized spacial score (nSPS) is 18.5. The number of nitrogens with two attached hydrogens (primary N) is 1. The van der Waals surface area contributed by atoms with E-state index in [2.05, 4.69) is 5.32 Å². The fraction of sp³-hybridized carbons (Fsp3) is 0.500. The average molecular weight is 296 g/mol. The zero-order valence-corrected chi connectivity index (χ0v) is 12.4. The quantitative estimate of drug-likeness (QED) is 0.896. The first-order valence-electron chi connectivity index (χ1n) is 6.76. The van der Waals surface area contributed by atoms with Crippen molar-refractivity contribution >= 4 is 21.6 Å². The maximum absolute atomic E-state index is 12.4. The van der Waals surface area contributed by atoms with Crippen molar-refractivity contribution in [2.24, 2.45) is 10.6 Å². The number of sulfonamides is 1. The average Bonchev–Trinajstić information content (AvgIpc) is 2.39. The largest absolute Gasteiger partial charge is 0.326 e. The Bertz CT molecular complexity index is 605. The minimum absolute atomic E-state index is 0.00379. The molecule has 0 aliphatic heterocycles. The van der Waals surface area contributed by atoms with Crippen LogP contribution in [-0.2, 0) is 14.8 Å². The molecule has 3 N–H and O–H groups in total. The third kappa shape index (κ3) is 3.37. The molecular weight excluding hydrogens is 276 g/mol. The maximum Gasteiger partial charge on any atom is 0.238 e. The monoisotopic (exact) mass is 296 g/mol. The highest BCUT2D eigenvalue weighted by Gasteiger charge is 2.34. The number of anilines is 1. The summed E-state index contributed by atoms with van der Waals surface area (Å²) in [6.45, 7) is 1.96. The van der Waals surface area contributed by atoms with Gasteiger partial charge in [-0.2, -0.15) is 0 Å². The molecule has 0 heterocycles. The van der Waals surface area contributed by atoms with Gasteiger partial charge in [-0.05, 0) is 31.0 Å². The highest BCUT2D eigenvalue weighted by atomic mass is 32.2. The number of carbonyl (C=O) groups is 1. The van der Waals surface area contributed by atoms with Crippen molar-refractivity contribution in [3.05, 3.63) is 24.3 Å². The van der Waals surface area contributed by atoms with Gasteiger partial charge in [0.1, 0.15) is 0 Å². The molecule has 0 unspecified atom stereocenters. The summed E-state index contributed by atoms with van der Waals surface area (Å²) < 4.78 is 22.6. The molecule has 2 rings (SSSR count). The first-order valence-corrected chi connectivity index (χ1v) is 8.30. The van der Waals surface area contributed by atoms with Crippen molar-refractivity contribution in [3.63, 3.8) is 0 Å². The van der Waals surface area contributed by atoms with Crippen molar-refractivity contribution < 1.29 is 13.2 Å². The predicted octanol–water partition coefficient (Wildman–Crippen LogP) is 2.24. The van der Waals surface area contributed by atoms with E-state index in [0.717, 1.165) is 25.7 Å². The molecule has 1 aromatic rings. The molecule has 0 aromatic heterocycles. The summed E-state index contributed by atoms with van der Waals surface area (Å²) in [4.78, 5) is 12.4. The molecule has 110 valence electrons. The van der Waals surface area contributed by atoms with Crippen LogP contribution in [0.3, 0.4) is 0 Å². The SMILES string of the molecule is CC1(C(=O)Nc2cccc(S(N)(=O)=O)c2)CCCCC1. The van der Waals surface area contributed by atoms with E-state index in [4.69, 9.17) is 5.14 Å². The molecule has 0 radical (unpaired) electrons. The molecule has 1 aliphatic rings. The van der Waals surface area contributed by atoms with Gasteiger partial charge in [-0.25, -0.2) is 13.6 Å². The second-order valence-electron chi connectivity index (χ2n) is 5.65. The summed E-state index contributed by atoms with van der Waals surface area (Å²) in [5.41, 5.74) is 0.101. The Morgan fingerprint density at radius 3 is 2.50 bits per heavy atom. The smallest absolute Gasteiger partial charge is 0.238 e. The van der Waals surface area contributed by atoms with E-state index in [9.17, 15) is 13.2 Å². The molecule has 0 bridgehead atoms. The lowest BCUT2D eigenvalue weighted by atomic mass is 9.75. The van der Waals surface area contributed by atoms with Crippen molar-refractivity contribution in [3.8, 4) is 0 Å². The van der Waals surface area contributed by atoms with E-state index in [-0.39, 0.29) is 16.2 Å². The fourth-order valence-corrected chi connectivity index (χ4v) is 3.15. The third-order valence-corrected chi connectivity index (χ3v) is 4.84. The summed E-state index contributed by atoms with van der Waals surface area (Å²) in [6.07, 6.45) is 5.02. The van der Waals surface area contributed by atoms with Gasteiger partial charge in [-0.15, -0.1) is 0 Å². The second-order valence-corrected chi connectivity index (χ2v) is 7.21. The van der Waals surface area contributed by atoms with Crippen LogP contribution >= 0.6 is 0 Å². The molecule has 0 saturated heterocycles. The van der Waals surface area contributed by atoms with Crippen molar-refractivity contribution in [1.29, 1.82) is 0 Å². The Labute approximate surface area is 119 Å². The van der Waals surface area contributed by atoms with Crippen LogP contribution in [0.4, 0.5) is 5.69 Å². The van der Waals surface area contributed by atoms with Gasteiger partial charge in [0.25, 0.3) is 0 Å². The molecule has 1 amide bonds. The van der Waals surface area contributed by atoms with Gasteiger partial charge in [0.2, 0.25) is 15.9 Å². The molecule has 0 spiro atoms. The summed E-state index contributed by atoms with van der Waals surface area (Å²) in [5.74, 6) is -0.0521. The van der Waals surface area contributed by atoms with Crippen LogP contribution < -0.4 is 10.5 Å². The number of nitrogens with one attached hydrogen (secondary N) is 1. The van der Waals surface area contributed by atoms with Gasteiger partial charge in [-0.1, -0.05) is 32.3 Å². The van der Waals surface area contributed by atoms with Crippen LogP contribution in [0.2, 0.25) is 0 Å². The molecule has 0 atom stereocenters. The number of primary sulfonamides is 1. The topological polar surface area (TPSA) is 89.3 Å². The first kappa shape index (κ1) is 15.0. The number of hydrogen-bond donors (Lipinski definition) is 2. The Morgan fingerprint density at radius 1 is 1.25 bits per heavy atom. The molecule has 1 aromatic carbocycles. The number of rotatable bonds is 3. The highest BCUT2D eigenvalue weighted by molar-refractivity contribution is 7.89. The van der Waals surface area contributed by atoms with Gasteiger partial charge >= 0.3 is 0 Å². The lowest BCUT2D eigenvalue weighted by Gasteiger charge is -2.32. The van der Waals surface area contributed by atoms with Crippen LogP contribution in [0.15, 0.2) is 29.2 Å². The number of carbonyl (C=O) groups excluding carboxylic acids is 1. The third-order valence-electron chi connectivity index (χ3n) is 3.93. The number of amides is 1. The molecule has 1 aliphatic carbocycles. The van der Waals surface area contributed by atoms with Gasteiger partial charge < -0.3 is 5.32 Å². The van der Waals surface area contributed by atoms with E-state index >= 15 is 0 Å². The second kappa shape index (κ2) is 5.54. The molecule has 1 saturated carbocycles. The minimum atomic E-state index is -3.75. The van der Waals surface area contributed by atoms with Crippen LogP contribution in [-0.4, -0.2) is 14.3 Å². The first-order chi connectivity index (χ1) is 9.31.